The minimum Gasteiger partial charge on any atom is -0.374 e. The molecule has 10 heteroatoms. The van der Waals surface area contributed by atoms with Gasteiger partial charge in [-0.25, -0.2) is 0 Å². The van der Waals surface area contributed by atoms with Gasteiger partial charge in [0.1, 0.15) is 0 Å². The Hall–Kier alpha value is -2.32. The van der Waals surface area contributed by atoms with Gasteiger partial charge in [-0.1, -0.05) is 28.4 Å². The standard InChI is InChI=1S/C16H9Cl2F3N2O3/c17-11-5-10(6-12(18)7-11)15(16(19,20)21)8-14(22-26-15)9-1-3-13(4-2-9)23(24)25/h1-7H,8H2. The molecule has 1 atom stereocenters. The van der Waals surface area contributed by atoms with Crippen molar-refractivity contribution >= 4 is 34.6 Å². The molecule has 0 saturated carbocycles. The van der Waals surface area contributed by atoms with Crippen LogP contribution in [0.4, 0.5) is 18.9 Å². The maximum absolute atomic E-state index is 13.9. The largest absolute Gasteiger partial charge is 0.435 e. The second-order valence-electron chi connectivity index (χ2n) is 5.59. The van der Waals surface area contributed by atoms with Gasteiger partial charge >= 0.3 is 6.18 Å². The summed E-state index contributed by atoms with van der Waals surface area (Å²) < 4.78 is 41.6. The van der Waals surface area contributed by atoms with Gasteiger partial charge in [0.25, 0.3) is 11.3 Å². The molecule has 0 aliphatic carbocycles. The Balaban J connectivity index is 1.99. The molecule has 26 heavy (non-hydrogen) atoms. The Kier molecular flexibility index (Phi) is 4.58. The van der Waals surface area contributed by atoms with Gasteiger partial charge in [0.15, 0.2) is 0 Å². The lowest BCUT2D eigenvalue weighted by Crippen LogP contribution is -2.42. The zero-order valence-corrected chi connectivity index (χ0v) is 14.3. The van der Waals surface area contributed by atoms with Crippen LogP contribution in [0.3, 0.4) is 0 Å². The van der Waals surface area contributed by atoms with Crippen molar-refractivity contribution in [2.45, 2.75) is 18.2 Å². The van der Waals surface area contributed by atoms with Crippen LogP contribution in [0.5, 0.6) is 0 Å². The van der Waals surface area contributed by atoms with Gasteiger partial charge < -0.3 is 4.84 Å². The number of halogens is 5. The van der Waals surface area contributed by atoms with E-state index in [0.717, 1.165) is 12.1 Å². The van der Waals surface area contributed by atoms with E-state index < -0.39 is 23.1 Å². The normalized spacial score (nSPS) is 19.8. The first-order valence-corrected chi connectivity index (χ1v) is 7.91. The van der Waals surface area contributed by atoms with Gasteiger partial charge in [0.05, 0.1) is 10.6 Å². The number of hydrogen-bond acceptors (Lipinski definition) is 4. The van der Waals surface area contributed by atoms with E-state index in [0.29, 0.717) is 0 Å². The SMILES string of the molecule is O=[N+]([O-])c1ccc(C2=NOC(c3cc(Cl)cc(Cl)c3)(C(F)(F)F)C2)cc1. The number of non-ortho nitro benzene ring substituents is 1. The van der Waals surface area contributed by atoms with Gasteiger partial charge in [-0.15, -0.1) is 0 Å². The molecule has 2 aromatic rings. The van der Waals surface area contributed by atoms with E-state index in [1.807, 2.05) is 0 Å². The summed E-state index contributed by atoms with van der Waals surface area (Å²) in [5, 5.41) is 14.3. The van der Waals surface area contributed by atoms with Crippen LogP contribution in [-0.2, 0) is 10.4 Å². The van der Waals surface area contributed by atoms with Crippen LogP contribution in [0.2, 0.25) is 10.0 Å². The molecule has 1 heterocycles. The quantitative estimate of drug-likeness (QED) is 0.502. The van der Waals surface area contributed by atoms with Crippen molar-refractivity contribution in [1.29, 1.82) is 0 Å². The average molecular weight is 405 g/mol. The predicted molar refractivity (Wildman–Crippen MR) is 89.5 cm³/mol. The van der Waals surface area contributed by atoms with Crippen molar-refractivity contribution in [1.82, 2.24) is 0 Å². The molecule has 0 amide bonds. The van der Waals surface area contributed by atoms with Crippen LogP contribution in [-0.4, -0.2) is 16.8 Å². The third-order valence-electron chi connectivity index (χ3n) is 3.93. The molecular formula is C16H9Cl2F3N2O3. The van der Waals surface area contributed by atoms with E-state index in [-0.39, 0.29) is 32.6 Å². The molecule has 0 spiro atoms. The molecule has 0 fully saturated rings. The summed E-state index contributed by atoms with van der Waals surface area (Å²) in [6, 6.07) is 8.55. The lowest BCUT2D eigenvalue weighted by atomic mass is 9.86. The zero-order chi connectivity index (χ0) is 19.1. The molecule has 0 bridgehead atoms. The number of hydrogen-bond donors (Lipinski definition) is 0. The van der Waals surface area contributed by atoms with Crippen LogP contribution >= 0.6 is 23.2 Å². The smallest absolute Gasteiger partial charge is 0.374 e. The Morgan fingerprint density at radius 3 is 2.19 bits per heavy atom. The summed E-state index contributed by atoms with van der Waals surface area (Å²) in [7, 11) is 0. The first-order valence-electron chi connectivity index (χ1n) is 7.15. The Morgan fingerprint density at radius 2 is 1.69 bits per heavy atom. The monoisotopic (exact) mass is 404 g/mol. The Bertz CT molecular complexity index is 880. The van der Waals surface area contributed by atoms with Gasteiger partial charge in [-0.2, -0.15) is 13.2 Å². The highest BCUT2D eigenvalue weighted by molar-refractivity contribution is 6.34. The van der Waals surface area contributed by atoms with Crippen LogP contribution in [0.25, 0.3) is 0 Å². The summed E-state index contributed by atoms with van der Waals surface area (Å²) in [6.45, 7) is 0. The minimum atomic E-state index is -4.80. The number of nitrogens with zero attached hydrogens (tertiary/aromatic N) is 2. The molecular weight excluding hydrogens is 396 g/mol. The van der Waals surface area contributed by atoms with Crippen molar-refractivity contribution in [2.24, 2.45) is 5.16 Å². The molecule has 0 aromatic heterocycles. The molecule has 0 radical (unpaired) electrons. The Labute approximate surface area is 155 Å². The van der Waals surface area contributed by atoms with Crippen molar-refractivity contribution < 1.29 is 22.9 Å². The van der Waals surface area contributed by atoms with E-state index in [4.69, 9.17) is 28.0 Å². The van der Waals surface area contributed by atoms with Crippen LogP contribution in [0.1, 0.15) is 17.5 Å². The number of alkyl halides is 3. The lowest BCUT2D eigenvalue weighted by Gasteiger charge is -2.29. The highest BCUT2D eigenvalue weighted by Crippen LogP contribution is 2.49. The van der Waals surface area contributed by atoms with Crippen LogP contribution < -0.4 is 0 Å². The Morgan fingerprint density at radius 1 is 1.12 bits per heavy atom. The van der Waals surface area contributed by atoms with Crippen LogP contribution in [0, 0.1) is 10.1 Å². The second kappa shape index (κ2) is 6.44. The summed E-state index contributed by atoms with van der Waals surface area (Å²) in [5.74, 6) is 0. The zero-order valence-electron chi connectivity index (χ0n) is 12.8. The molecule has 2 aromatic carbocycles. The fourth-order valence-corrected chi connectivity index (χ4v) is 3.15. The van der Waals surface area contributed by atoms with Crippen molar-refractivity contribution in [3.8, 4) is 0 Å². The number of oxime groups is 1. The number of nitro benzene ring substituents is 1. The number of benzene rings is 2. The van der Waals surface area contributed by atoms with E-state index in [2.05, 4.69) is 5.16 Å². The third-order valence-corrected chi connectivity index (χ3v) is 4.36. The van der Waals surface area contributed by atoms with Crippen molar-refractivity contribution in [3.05, 3.63) is 73.8 Å². The topological polar surface area (TPSA) is 64.7 Å². The van der Waals surface area contributed by atoms with Crippen molar-refractivity contribution in [2.75, 3.05) is 0 Å². The molecule has 3 rings (SSSR count). The van der Waals surface area contributed by atoms with E-state index in [1.54, 1.807) is 0 Å². The van der Waals surface area contributed by atoms with Gasteiger partial charge in [-0.05, 0) is 35.9 Å². The highest BCUT2D eigenvalue weighted by Gasteiger charge is 2.62. The molecule has 0 saturated heterocycles. The van der Waals surface area contributed by atoms with Crippen LogP contribution in [0.15, 0.2) is 47.6 Å². The maximum Gasteiger partial charge on any atom is 0.435 e. The third kappa shape index (κ3) is 3.22. The van der Waals surface area contributed by atoms with E-state index in [9.17, 15) is 23.3 Å². The fraction of sp³-hybridized carbons (Fsp3) is 0.188. The average Bonchev–Trinajstić information content (AvgIpc) is 3.00. The second-order valence-corrected chi connectivity index (χ2v) is 6.47. The summed E-state index contributed by atoms with van der Waals surface area (Å²) in [6.07, 6.45) is -5.42. The first-order chi connectivity index (χ1) is 12.1. The molecule has 0 N–H and O–H groups in total. The molecule has 5 nitrogen and oxygen atoms in total. The molecule has 1 aliphatic heterocycles. The molecule has 1 unspecified atom stereocenters. The van der Waals surface area contributed by atoms with Gasteiger partial charge in [0.2, 0.25) is 0 Å². The maximum atomic E-state index is 13.9. The fourth-order valence-electron chi connectivity index (χ4n) is 2.62. The van der Waals surface area contributed by atoms with E-state index >= 15 is 0 Å². The summed E-state index contributed by atoms with van der Waals surface area (Å²) >= 11 is 11.7. The highest BCUT2D eigenvalue weighted by atomic mass is 35.5. The van der Waals surface area contributed by atoms with Crippen molar-refractivity contribution in [3.63, 3.8) is 0 Å². The number of nitro groups is 1. The van der Waals surface area contributed by atoms with Gasteiger partial charge in [0, 0.05) is 34.2 Å². The lowest BCUT2D eigenvalue weighted by molar-refractivity contribution is -0.384. The predicted octanol–water partition coefficient (Wildman–Crippen LogP) is 5.48. The summed E-state index contributed by atoms with van der Waals surface area (Å²) in [5.41, 5.74) is -2.90. The number of rotatable bonds is 3. The molecule has 1 aliphatic rings. The molecule has 136 valence electrons. The van der Waals surface area contributed by atoms with E-state index in [1.165, 1.54) is 30.3 Å². The summed E-state index contributed by atoms with van der Waals surface area (Å²) in [4.78, 5) is 14.9. The minimum absolute atomic E-state index is 0.00770. The first kappa shape index (κ1) is 18.5. The van der Waals surface area contributed by atoms with Gasteiger partial charge in [-0.3, -0.25) is 10.1 Å².